The molecule has 0 unspecified atom stereocenters. The summed E-state index contributed by atoms with van der Waals surface area (Å²) in [6.45, 7) is 0.0369. The monoisotopic (exact) mass is 701 g/mol. The standard InChI is InChI=1S/C33H43N5O12/c39-23-10-8-22(9-11-23)20-26(32(47)48)37-30(44)25(19-21-5-2-1-3-6-21)36-28(41)14-17-50-18-16-34-27(40)13-12-24(31(45)46)38-33(49)35-15-4-7-29(42)43/h1-3,5-6,8-11,24-26,39H,4,7,12-20H2,(H,34,40)(H,36,41)(H,37,44)(H,42,43)(H,45,46)(H,47,48)(H2,35,38,49)/t24-,25-,26+/m0/s1. The maximum absolute atomic E-state index is 13.2. The van der Waals surface area contributed by atoms with Crippen molar-refractivity contribution in [2.24, 2.45) is 0 Å². The highest BCUT2D eigenvalue weighted by Gasteiger charge is 2.27. The quantitative estimate of drug-likeness (QED) is 0.0701. The van der Waals surface area contributed by atoms with Gasteiger partial charge in [-0.1, -0.05) is 42.5 Å². The molecule has 3 atom stereocenters. The largest absolute Gasteiger partial charge is 0.508 e. The van der Waals surface area contributed by atoms with Crippen LogP contribution >= 0.6 is 0 Å². The van der Waals surface area contributed by atoms with Crippen LogP contribution in [0.1, 0.15) is 43.2 Å². The zero-order valence-electron chi connectivity index (χ0n) is 27.3. The Labute approximate surface area is 287 Å². The van der Waals surface area contributed by atoms with E-state index in [2.05, 4.69) is 26.6 Å². The molecule has 0 spiro atoms. The molecule has 0 saturated carbocycles. The lowest BCUT2D eigenvalue weighted by Gasteiger charge is -2.22. The smallest absolute Gasteiger partial charge is 0.326 e. The molecule has 0 fully saturated rings. The summed E-state index contributed by atoms with van der Waals surface area (Å²) < 4.78 is 5.40. The maximum atomic E-state index is 13.2. The fourth-order valence-electron chi connectivity index (χ4n) is 4.47. The van der Waals surface area contributed by atoms with Crippen LogP contribution in [0.2, 0.25) is 0 Å². The first-order chi connectivity index (χ1) is 23.8. The van der Waals surface area contributed by atoms with Crippen molar-refractivity contribution >= 4 is 41.7 Å². The van der Waals surface area contributed by atoms with Gasteiger partial charge in [0.05, 0.1) is 13.2 Å². The molecule has 2 aromatic carbocycles. The first kappa shape index (κ1) is 40.5. The summed E-state index contributed by atoms with van der Waals surface area (Å²) in [5, 5.41) is 49.3. The number of nitrogens with one attached hydrogen (secondary N) is 5. The van der Waals surface area contributed by atoms with Crippen LogP contribution in [0, 0.1) is 0 Å². The number of carboxylic acids is 3. The van der Waals surface area contributed by atoms with E-state index in [0.29, 0.717) is 5.56 Å². The first-order valence-corrected chi connectivity index (χ1v) is 15.8. The van der Waals surface area contributed by atoms with Gasteiger partial charge in [0, 0.05) is 45.2 Å². The van der Waals surface area contributed by atoms with Crippen molar-refractivity contribution < 1.29 is 58.7 Å². The Bertz CT molecular complexity index is 1440. The molecule has 50 heavy (non-hydrogen) atoms. The topological polar surface area (TPSA) is 270 Å². The summed E-state index contributed by atoms with van der Waals surface area (Å²) in [7, 11) is 0. The Kier molecular flexibility index (Phi) is 17.8. The third-order valence-corrected chi connectivity index (χ3v) is 7.08. The zero-order chi connectivity index (χ0) is 36.9. The van der Waals surface area contributed by atoms with E-state index in [-0.39, 0.29) is 77.0 Å². The van der Waals surface area contributed by atoms with Gasteiger partial charge in [0.1, 0.15) is 23.9 Å². The molecule has 17 heteroatoms. The Morgan fingerprint density at radius 1 is 0.620 bits per heavy atom. The predicted molar refractivity (Wildman–Crippen MR) is 176 cm³/mol. The van der Waals surface area contributed by atoms with Crippen LogP contribution in [0.3, 0.4) is 0 Å². The van der Waals surface area contributed by atoms with E-state index in [0.717, 1.165) is 5.56 Å². The maximum Gasteiger partial charge on any atom is 0.326 e. The zero-order valence-corrected chi connectivity index (χ0v) is 27.3. The highest BCUT2D eigenvalue weighted by Crippen LogP contribution is 2.12. The van der Waals surface area contributed by atoms with Crippen molar-refractivity contribution in [1.82, 2.24) is 26.6 Å². The lowest BCUT2D eigenvalue weighted by molar-refractivity contribution is -0.142. The highest BCUT2D eigenvalue weighted by molar-refractivity contribution is 5.90. The molecule has 0 aliphatic carbocycles. The molecule has 5 amide bonds. The minimum atomic E-state index is -1.35. The summed E-state index contributed by atoms with van der Waals surface area (Å²) in [6, 6.07) is 10.2. The SMILES string of the molecule is O=C(O)CCCNC(=O)N[C@@H](CCC(=O)NCCOCCC(=O)N[C@@H](Cc1ccccc1)C(=O)N[C@H](Cc1ccc(O)cc1)C(=O)O)C(=O)O. The van der Waals surface area contributed by atoms with Gasteiger partial charge >= 0.3 is 23.9 Å². The number of ether oxygens (including phenoxy) is 1. The van der Waals surface area contributed by atoms with Crippen LogP contribution in [-0.4, -0.2) is 107 Å². The Morgan fingerprint density at radius 2 is 1.26 bits per heavy atom. The van der Waals surface area contributed by atoms with E-state index in [9.17, 15) is 48.9 Å². The van der Waals surface area contributed by atoms with Crippen LogP contribution in [-0.2, 0) is 46.3 Å². The van der Waals surface area contributed by atoms with Crippen molar-refractivity contribution in [3.8, 4) is 5.75 Å². The van der Waals surface area contributed by atoms with Crippen LogP contribution in [0.25, 0.3) is 0 Å². The highest BCUT2D eigenvalue weighted by atomic mass is 16.5. The fraction of sp³-hybridized carbons (Fsp3) is 0.424. The fourth-order valence-corrected chi connectivity index (χ4v) is 4.47. The van der Waals surface area contributed by atoms with Gasteiger partial charge in [0.25, 0.3) is 0 Å². The molecule has 17 nitrogen and oxygen atoms in total. The number of benzene rings is 2. The molecule has 272 valence electrons. The van der Waals surface area contributed by atoms with Gasteiger partial charge in [-0.15, -0.1) is 0 Å². The van der Waals surface area contributed by atoms with Crippen molar-refractivity contribution in [2.75, 3.05) is 26.3 Å². The van der Waals surface area contributed by atoms with Gasteiger partial charge < -0.3 is 51.7 Å². The average molecular weight is 702 g/mol. The van der Waals surface area contributed by atoms with Gasteiger partial charge in [-0.3, -0.25) is 19.2 Å². The van der Waals surface area contributed by atoms with Gasteiger partial charge in [0.2, 0.25) is 17.7 Å². The second kappa shape index (κ2) is 22.0. The van der Waals surface area contributed by atoms with Crippen LogP contribution < -0.4 is 26.6 Å². The second-order valence-electron chi connectivity index (χ2n) is 11.1. The normalized spacial score (nSPS) is 12.4. The molecule has 0 heterocycles. The van der Waals surface area contributed by atoms with Crippen LogP contribution in [0.15, 0.2) is 54.6 Å². The van der Waals surface area contributed by atoms with E-state index >= 15 is 0 Å². The van der Waals surface area contributed by atoms with Gasteiger partial charge in [-0.05, 0) is 36.1 Å². The Hall–Kier alpha value is -5.71. The summed E-state index contributed by atoms with van der Waals surface area (Å²) in [6.07, 6.45) is -0.522. The van der Waals surface area contributed by atoms with Gasteiger partial charge in [-0.2, -0.15) is 0 Å². The van der Waals surface area contributed by atoms with Crippen LogP contribution in [0.4, 0.5) is 4.79 Å². The van der Waals surface area contributed by atoms with Crippen molar-refractivity contribution in [3.63, 3.8) is 0 Å². The number of phenols is 1. The number of carbonyl (C=O) groups excluding carboxylic acids is 4. The molecule has 0 saturated heterocycles. The number of hydrogen-bond acceptors (Lipinski definition) is 9. The van der Waals surface area contributed by atoms with E-state index in [1.54, 1.807) is 42.5 Å². The number of carboxylic acid groups (broad SMARTS) is 3. The molecule has 0 aliphatic heterocycles. The molecular weight excluding hydrogens is 658 g/mol. The molecular formula is C33H43N5O12. The van der Waals surface area contributed by atoms with Crippen LogP contribution in [0.5, 0.6) is 5.75 Å². The number of aliphatic carboxylic acids is 3. The van der Waals surface area contributed by atoms with Gasteiger partial charge in [-0.25, -0.2) is 14.4 Å². The summed E-state index contributed by atoms with van der Waals surface area (Å²) in [5.41, 5.74) is 1.30. The van der Waals surface area contributed by atoms with Gasteiger partial charge in [0.15, 0.2) is 0 Å². The van der Waals surface area contributed by atoms with Crippen molar-refractivity contribution in [3.05, 3.63) is 65.7 Å². The summed E-state index contributed by atoms with van der Waals surface area (Å²) >= 11 is 0. The molecule has 0 radical (unpaired) electrons. The number of amides is 5. The lowest BCUT2D eigenvalue weighted by Crippen LogP contribution is -2.53. The molecule has 0 aliphatic rings. The minimum Gasteiger partial charge on any atom is -0.508 e. The number of carbonyl (C=O) groups is 7. The van der Waals surface area contributed by atoms with E-state index < -0.39 is 59.8 Å². The van der Waals surface area contributed by atoms with E-state index in [4.69, 9.17) is 9.84 Å². The van der Waals surface area contributed by atoms with E-state index in [1.165, 1.54) is 12.1 Å². The number of rotatable bonds is 23. The Balaban J connectivity index is 1.77. The minimum absolute atomic E-state index is 0.0115. The molecule has 9 N–H and O–H groups in total. The summed E-state index contributed by atoms with van der Waals surface area (Å²) in [4.78, 5) is 83.8. The second-order valence-corrected chi connectivity index (χ2v) is 11.1. The number of aromatic hydroxyl groups is 1. The number of phenolic OH excluding ortho intramolecular Hbond substituents is 1. The molecule has 2 rings (SSSR count). The predicted octanol–water partition coefficient (Wildman–Crippen LogP) is 0.152. The third kappa shape index (κ3) is 16.9. The first-order valence-electron chi connectivity index (χ1n) is 15.8. The number of hydrogen-bond donors (Lipinski definition) is 9. The van der Waals surface area contributed by atoms with Crippen molar-refractivity contribution in [1.29, 1.82) is 0 Å². The lowest BCUT2D eigenvalue weighted by atomic mass is 10.0. The van der Waals surface area contributed by atoms with E-state index in [1.807, 2.05) is 0 Å². The molecule has 0 aromatic heterocycles. The third-order valence-electron chi connectivity index (χ3n) is 7.08. The molecule has 0 bridgehead atoms. The Morgan fingerprint density at radius 3 is 1.90 bits per heavy atom. The molecule has 2 aromatic rings. The van der Waals surface area contributed by atoms with Crippen molar-refractivity contribution in [2.45, 2.75) is 63.1 Å². The average Bonchev–Trinajstić information content (AvgIpc) is 3.07. The number of urea groups is 1. The summed E-state index contributed by atoms with van der Waals surface area (Å²) in [5.74, 6) is -5.37.